The molecule has 0 aromatic heterocycles. The topological polar surface area (TPSA) is 114 Å². The van der Waals surface area contributed by atoms with Crippen LogP contribution in [0.15, 0.2) is 58.4 Å². The van der Waals surface area contributed by atoms with Crippen LogP contribution in [0.3, 0.4) is 0 Å². The molecule has 1 aliphatic heterocycles. The second-order valence-corrected chi connectivity index (χ2v) is 8.29. The minimum Gasteiger partial charge on any atom is -0.454 e. The summed E-state index contributed by atoms with van der Waals surface area (Å²) in [6, 6.07) is 12.4. The number of carbonyl (C=O) groups is 2. The Morgan fingerprint density at radius 2 is 1.86 bits per heavy atom. The molecule has 0 fully saturated rings. The lowest BCUT2D eigenvalue weighted by Crippen LogP contribution is -2.31. The smallest absolute Gasteiger partial charge is 0.331 e. The van der Waals surface area contributed by atoms with Crippen LogP contribution in [0.5, 0.6) is 0 Å². The van der Waals surface area contributed by atoms with E-state index < -0.39 is 34.5 Å². The molecule has 0 bridgehead atoms. The van der Waals surface area contributed by atoms with Crippen molar-refractivity contribution in [3.63, 3.8) is 0 Å². The predicted molar refractivity (Wildman–Crippen MR) is 107 cm³/mol. The van der Waals surface area contributed by atoms with E-state index in [9.17, 15) is 18.0 Å². The maximum Gasteiger partial charge on any atom is 0.331 e. The monoisotopic (exact) mass is 435 g/mol. The number of benzene rings is 2. The Hall–Kier alpha value is -2.91. The molecular weight excluding hydrogens is 418 g/mol. The SMILES string of the molecule is C[C@H](N=C1NS(=O)(=O)c2ccccc21)C(=O)OCC(=O)NCc1ccccc1Cl. The van der Waals surface area contributed by atoms with Crippen molar-refractivity contribution in [3.8, 4) is 0 Å². The number of halogens is 1. The van der Waals surface area contributed by atoms with Gasteiger partial charge in [-0.05, 0) is 30.7 Å². The summed E-state index contributed by atoms with van der Waals surface area (Å²) in [6.07, 6.45) is 0. The maximum atomic E-state index is 12.1. The summed E-state index contributed by atoms with van der Waals surface area (Å²) >= 11 is 6.01. The van der Waals surface area contributed by atoms with Gasteiger partial charge in [0.05, 0.1) is 4.90 Å². The Labute approximate surface area is 173 Å². The molecule has 0 aliphatic carbocycles. The number of fused-ring (bicyclic) bond motifs is 1. The highest BCUT2D eigenvalue weighted by atomic mass is 35.5. The summed E-state index contributed by atoms with van der Waals surface area (Å²) in [6.45, 7) is 1.17. The lowest BCUT2D eigenvalue weighted by Gasteiger charge is -2.10. The van der Waals surface area contributed by atoms with Crippen molar-refractivity contribution in [2.45, 2.75) is 24.4 Å². The third kappa shape index (κ3) is 4.93. The van der Waals surface area contributed by atoms with Crippen LogP contribution in [-0.2, 0) is 30.9 Å². The van der Waals surface area contributed by atoms with Crippen molar-refractivity contribution in [1.29, 1.82) is 0 Å². The average molecular weight is 436 g/mol. The summed E-state index contributed by atoms with van der Waals surface area (Å²) in [4.78, 5) is 28.2. The van der Waals surface area contributed by atoms with Crippen LogP contribution in [0, 0.1) is 0 Å². The summed E-state index contributed by atoms with van der Waals surface area (Å²) in [7, 11) is -3.70. The minimum atomic E-state index is -3.70. The zero-order valence-corrected chi connectivity index (χ0v) is 17.0. The number of rotatable bonds is 6. The molecule has 1 amide bonds. The first-order chi connectivity index (χ1) is 13.8. The number of hydrogen-bond donors (Lipinski definition) is 2. The zero-order chi connectivity index (χ0) is 21.0. The number of nitrogens with one attached hydrogen (secondary N) is 2. The molecule has 0 spiro atoms. The number of amides is 1. The van der Waals surface area contributed by atoms with E-state index in [-0.39, 0.29) is 17.3 Å². The van der Waals surface area contributed by atoms with Gasteiger partial charge in [0.1, 0.15) is 11.9 Å². The Kier molecular flexibility index (Phi) is 6.19. The van der Waals surface area contributed by atoms with Gasteiger partial charge < -0.3 is 10.1 Å². The molecule has 0 unspecified atom stereocenters. The van der Waals surface area contributed by atoms with Gasteiger partial charge in [-0.2, -0.15) is 0 Å². The van der Waals surface area contributed by atoms with Crippen LogP contribution in [0.1, 0.15) is 18.1 Å². The van der Waals surface area contributed by atoms with Crippen molar-refractivity contribution in [2.75, 3.05) is 6.61 Å². The molecule has 10 heteroatoms. The highest BCUT2D eigenvalue weighted by Crippen LogP contribution is 2.22. The van der Waals surface area contributed by atoms with E-state index in [2.05, 4.69) is 15.0 Å². The van der Waals surface area contributed by atoms with Crippen molar-refractivity contribution in [3.05, 3.63) is 64.7 Å². The van der Waals surface area contributed by atoms with Gasteiger partial charge in [-0.3, -0.25) is 14.5 Å². The lowest BCUT2D eigenvalue weighted by molar-refractivity contribution is -0.149. The number of nitrogens with zero attached hydrogens (tertiary/aromatic N) is 1. The number of amidine groups is 1. The second kappa shape index (κ2) is 8.62. The molecule has 152 valence electrons. The Morgan fingerprint density at radius 3 is 2.62 bits per heavy atom. The molecular formula is C19H18ClN3O5S. The third-order valence-corrected chi connectivity index (χ3v) is 5.87. The number of esters is 1. The van der Waals surface area contributed by atoms with E-state index >= 15 is 0 Å². The van der Waals surface area contributed by atoms with Gasteiger partial charge in [-0.15, -0.1) is 0 Å². The number of carbonyl (C=O) groups excluding carboxylic acids is 2. The normalized spacial score (nSPS) is 16.6. The number of ether oxygens (including phenoxy) is 1. The molecule has 1 aliphatic rings. The molecule has 29 heavy (non-hydrogen) atoms. The van der Waals surface area contributed by atoms with E-state index in [4.69, 9.17) is 16.3 Å². The fourth-order valence-corrected chi connectivity index (χ4v) is 4.06. The minimum absolute atomic E-state index is 0.0632. The Morgan fingerprint density at radius 1 is 1.17 bits per heavy atom. The van der Waals surface area contributed by atoms with Gasteiger partial charge in [-0.25, -0.2) is 13.2 Å². The molecule has 2 N–H and O–H groups in total. The fraction of sp³-hybridized carbons (Fsp3) is 0.211. The molecule has 0 saturated carbocycles. The summed E-state index contributed by atoms with van der Waals surface area (Å²) in [5, 5.41) is 3.12. The third-order valence-electron chi connectivity index (χ3n) is 4.11. The molecule has 8 nitrogen and oxygen atoms in total. The molecule has 1 atom stereocenters. The summed E-state index contributed by atoms with van der Waals surface area (Å²) < 4.78 is 31.4. The van der Waals surface area contributed by atoms with Crippen LogP contribution < -0.4 is 10.0 Å². The first-order valence-electron chi connectivity index (χ1n) is 8.64. The summed E-state index contributed by atoms with van der Waals surface area (Å²) in [5.74, 6) is -1.19. The highest BCUT2D eigenvalue weighted by Gasteiger charge is 2.31. The van der Waals surface area contributed by atoms with Gasteiger partial charge in [0.15, 0.2) is 6.61 Å². The predicted octanol–water partition coefficient (Wildman–Crippen LogP) is 1.63. The maximum absolute atomic E-state index is 12.1. The van der Waals surface area contributed by atoms with Crippen molar-refractivity contribution < 1.29 is 22.7 Å². The van der Waals surface area contributed by atoms with E-state index in [0.29, 0.717) is 10.6 Å². The van der Waals surface area contributed by atoms with E-state index in [1.165, 1.54) is 13.0 Å². The van der Waals surface area contributed by atoms with E-state index in [0.717, 1.165) is 5.56 Å². The van der Waals surface area contributed by atoms with Gasteiger partial charge in [0, 0.05) is 17.1 Å². The van der Waals surface area contributed by atoms with Crippen molar-refractivity contribution in [2.24, 2.45) is 4.99 Å². The van der Waals surface area contributed by atoms with Gasteiger partial charge in [-0.1, -0.05) is 41.9 Å². The zero-order valence-electron chi connectivity index (χ0n) is 15.4. The first-order valence-corrected chi connectivity index (χ1v) is 10.5. The average Bonchev–Trinajstić information content (AvgIpc) is 2.95. The lowest BCUT2D eigenvalue weighted by atomic mass is 10.2. The highest BCUT2D eigenvalue weighted by molar-refractivity contribution is 7.90. The van der Waals surface area contributed by atoms with Gasteiger partial charge in [0.25, 0.3) is 15.9 Å². The van der Waals surface area contributed by atoms with E-state index in [1.54, 1.807) is 42.5 Å². The number of sulfonamides is 1. The van der Waals surface area contributed by atoms with Crippen LogP contribution in [-0.4, -0.2) is 38.8 Å². The molecule has 0 saturated heterocycles. The van der Waals surface area contributed by atoms with Crippen molar-refractivity contribution >= 4 is 39.3 Å². The number of aliphatic imine (C=N–C) groups is 1. The summed E-state index contributed by atoms with van der Waals surface area (Å²) in [5.41, 5.74) is 1.12. The van der Waals surface area contributed by atoms with Crippen LogP contribution >= 0.6 is 11.6 Å². The Balaban J connectivity index is 1.55. The quantitative estimate of drug-likeness (QED) is 0.669. The molecule has 2 aromatic rings. The molecule has 2 aromatic carbocycles. The standard InChI is InChI=1S/C19H18ClN3O5S/c1-12(22-18-14-7-3-5-9-16(14)29(26,27)23-18)19(25)28-11-17(24)21-10-13-6-2-4-8-15(13)20/h2-9,12H,10-11H2,1H3,(H,21,24)(H,22,23)/t12-/m0/s1. The fourth-order valence-electron chi connectivity index (χ4n) is 2.62. The largest absolute Gasteiger partial charge is 0.454 e. The van der Waals surface area contributed by atoms with E-state index in [1.807, 2.05) is 0 Å². The van der Waals surface area contributed by atoms with Crippen molar-refractivity contribution in [1.82, 2.24) is 10.0 Å². The van der Waals surface area contributed by atoms with Crippen LogP contribution in [0.25, 0.3) is 0 Å². The van der Waals surface area contributed by atoms with Crippen LogP contribution in [0.2, 0.25) is 5.02 Å². The van der Waals surface area contributed by atoms with Gasteiger partial charge in [0.2, 0.25) is 0 Å². The molecule has 0 radical (unpaired) electrons. The number of hydrogen-bond acceptors (Lipinski definition) is 6. The van der Waals surface area contributed by atoms with Crippen LogP contribution in [0.4, 0.5) is 0 Å². The molecule has 1 heterocycles. The Bertz CT molecular complexity index is 1080. The van der Waals surface area contributed by atoms with Gasteiger partial charge >= 0.3 is 5.97 Å². The second-order valence-electron chi connectivity index (χ2n) is 6.23. The molecule has 3 rings (SSSR count). The first kappa shape index (κ1) is 20.8.